The maximum Gasteiger partial charge on any atom is 0.317 e. The van der Waals surface area contributed by atoms with Crippen molar-refractivity contribution in [1.29, 1.82) is 0 Å². The van der Waals surface area contributed by atoms with Crippen LogP contribution in [-0.4, -0.2) is 68.7 Å². The van der Waals surface area contributed by atoms with Crippen LogP contribution in [0.3, 0.4) is 0 Å². The highest BCUT2D eigenvalue weighted by atomic mass is 16.2. The van der Waals surface area contributed by atoms with Crippen LogP contribution < -0.4 is 10.6 Å². The largest absolute Gasteiger partial charge is 0.336 e. The Labute approximate surface area is 97.2 Å². The molecule has 2 saturated heterocycles. The summed E-state index contributed by atoms with van der Waals surface area (Å²) in [4.78, 5) is 15.7. The van der Waals surface area contributed by atoms with Crippen molar-refractivity contribution in [2.75, 3.05) is 52.9 Å². The molecule has 2 rings (SSSR count). The monoisotopic (exact) mass is 226 g/mol. The smallest absolute Gasteiger partial charge is 0.317 e. The molecule has 0 aromatic rings. The molecule has 0 aliphatic carbocycles. The molecule has 2 fully saturated rings. The molecule has 0 bridgehead atoms. The number of urea groups is 1. The minimum Gasteiger partial charge on any atom is -0.336 e. The highest BCUT2D eigenvalue weighted by Crippen LogP contribution is 2.14. The zero-order valence-electron chi connectivity index (χ0n) is 10.0. The average Bonchev–Trinajstić information content (AvgIpc) is 2.86. The standard InChI is InChI=1S/C11H22N4O/c1-12-8-10-2-4-14(9-10)6-7-15-5-3-13-11(15)16/h10,12H,2-9H2,1H3,(H,13,16). The number of nitrogens with zero attached hydrogens (tertiary/aromatic N) is 2. The van der Waals surface area contributed by atoms with Gasteiger partial charge in [0.05, 0.1) is 0 Å². The molecule has 0 aromatic carbocycles. The number of carbonyl (C=O) groups is 1. The summed E-state index contributed by atoms with van der Waals surface area (Å²) in [5.74, 6) is 0.789. The lowest BCUT2D eigenvalue weighted by Crippen LogP contribution is -2.36. The normalized spacial score (nSPS) is 26.4. The summed E-state index contributed by atoms with van der Waals surface area (Å²) in [5, 5.41) is 6.07. The lowest BCUT2D eigenvalue weighted by atomic mass is 10.1. The molecule has 2 N–H and O–H groups in total. The van der Waals surface area contributed by atoms with Crippen LogP contribution in [0.1, 0.15) is 6.42 Å². The van der Waals surface area contributed by atoms with E-state index in [1.54, 1.807) is 0 Å². The van der Waals surface area contributed by atoms with Crippen LogP contribution in [0.25, 0.3) is 0 Å². The molecule has 5 heteroatoms. The molecule has 2 amide bonds. The Hall–Kier alpha value is -0.810. The molecule has 5 nitrogen and oxygen atoms in total. The van der Waals surface area contributed by atoms with Gasteiger partial charge in [-0.05, 0) is 32.5 Å². The Morgan fingerprint density at radius 2 is 2.31 bits per heavy atom. The summed E-state index contributed by atoms with van der Waals surface area (Å²) in [6, 6.07) is 0.103. The van der Waals surface area contributed by atoms with E-state index in [1.807, 2.05) is 11.9 Å². The molecule has 0 radical (unpaired) electrons. The highest BCUT2D eigenvalue weighted by molar-refractivity contribution is 5.76. The molecule has 2 aliphatic rings. The van der Waals surface area contributed by atoms with Crippen LogP contribution in [0, 0.1) is 5.92 Å². The lowest BCUT2D eigenvalue weighted by Gasteiger charge is -2.20. The summed E-state index contributed by atoms with van der Waals surface area (Å²) in [6.45, 7) is 7.04. The molecule has 2 aliphatic heterocycles. The lowest BCUT2D eigenvalue weighted by molar-refractivity contribution is 0.207. The number of hydrogen-bond donors (Lipinski definition) is 2. The number of amides is 2. The molecule has 1 unspecified atom stereocenters. The van der Waals surface area contributed by atoms with Gasteiger partial charge in [-0.15, -0.1) is 0 Å². The van der Waals surface area contributed by atoms with E-state index in [4.69, 9.17) is 0 Å². The van der Waals surface area contributed by atoms with E-state index >= 15 is 0 Å². The van der Waals surface area contributed by atoms with E-state index in [9.17, 15) is 4.79 Å². The minimum absolute atomic E-state index is 0.103. The van der Waals surface area contributed by atoms with Crippen molar-refractivity contribution < 1.29 is 4.79 Å². The van der Waals surface area contributed by atoms with E-state index in [0.717, 1.165) is 38.6 Å². The van der Waals surface area contributed by atoms with E-state index in [1.165, 1.54) is 19.5 Å². The Bertz CT molecular complexity index is 246. The van der Waals surface area contributed by atoms with Crippen LogP contribution in [-0.2, 0) is 0 Å². The first-order chi connectivity index (χ1) is 7.79. The van der Waals surface area contributed by atoms with Crippen LogP contribution in [0.5, 0.6) is 0 Å². The maximum absolute atomic E-state index is 11.3. The summed E-state index contributed by atoms with van der Waals surface area (Å²) in [7, 11) is 2.01. The zero-order valence-corrected chi connectivity index (χ0v) is 10.0. The van der Waals surface area contributed by atoms with Gasteiger partial charge in [0.1, 0.15) is 0 Å². The van der Waals surface area contributed by atoms with Crippen molar-refractivity contribution in [1.82, 2.24) is 20.4 Å². The number of hydrogen-bond acceptors (Lipinski definition) is 3. The van der Waals surface area contributed by atoms with Gasteiger partial charge in [0.25, 0.3) is 0 Å². The van der Waals surface area contributed by atoms with Crippen LogP contribution >= 0.6 is 0 Å². The summed E-state index contributed by atoms with van der Waals surface area (Å²) < 4.78 is 0. The maximum atomic E-state index is 11.3. The zero-order chi connectivity index (χ0) is 11.4. The second kappa shape index (κ2) is 5.50. The van der Waals surface area contributed by atoms with Gasteiger partial charge in [0.2, 0.25) is 0 Å². The SMILES string of the molecule is CNCC1CCN(CCN2CCNC2=O)C1. The van der Waals surface area contributed by atoms with Gasteiger partial charge in [-0.25, -0.2) is 4.79 Å². The Kier molecular flexibility index (Phi) is 4.01. The van der Waals surface area contributed by atoms with Gasteiger partial charge in [0, 0.05) is 32.7 Å². The third kappa shape index (κ3) is 2.86. The Morgan fingerprint density at radius 1 is 1.44 bits per heavy atom. The number of nitrogens with one attached hydrogen (secondary N) is 2. The molecular weight excluding hydrogens is 204 g/mol. The van der Waals surface area contributed by atoms with Crippen LogP contribution in [0.4, 0.5) is 4.79 Å². The predicted molar refractivity (Wildman–Crippen MR) is 63.4 cm³/mol. The second-order valence-corrected chi connectivity index (χ2v) is 4.73. The topological polar surface area (TPSA) is 47.6 Å². The van der Waals surface area contributed by atoms with Crippen molar-refractivity contribution in [3.63, 3.8) is 0 Å². The second-order valence-electron chi connectivity index (χ2n) is 4.73. The van der Waals surface area contributed by atoms with E-state index in [0.29, 0.717) is 0 Å². The fourth-order valence-electron chi connectivity index (χ4n) is 2.56. The third-order valence-corrected chi connectivity index (χ3v) is 3.49. The van der Waals surface area contributed by atoms with Gasteiger partial charge in [0.15, 0.2) is 0 Å². The third-order valence-electron chi connectivity index (χ3n) is 3.49. The van der Waals surface area contributed by atoms with Crippen molar-refractivity contribution >= 4 is 6.03 Å². The average molecular weight is 226 g/mol. The molecule has 16 heavy (non-hydrogen) atoms. The molecule has 1 atom stereocenters. The van der Waals surface area contributed by atoms with E-state index in [-0.39, 0.29) is 6.03 Å². The van der Waals surface area contributed by atoms with Gasteiger partial charge >= 0.3 is 6.03 Å². The van der Waals surface area contributed by atoms with E-state index in [2.05, 4.69) is 15.5 Å². The summed E-state index contributed by atoms with van der Waals surface area (Å²) in [5.41, 5.74) is 0. The Morgan fingerprint density at radius 3 is 3.00 bits per heavy atom. The number of likely N-dealkylation sites (tertiary alicyclic amines) is 1. The van der Waals surface area contributed by atoms with Crippen molar-refractivity contribution in [2.24, 2.45) is 5.92 Å². The first-order valence-corrected chi connectivity index (χ1v) is 6.19. The minimum atomic E-state index is 0.103. The molecule has 92 valence electrons. The summed E-state index contributed by atoms with van der Waals surface area (Å²) >= 11 is 0. The Balaban J connectivity index is 1.65. The predicted octanol–water partition coefficient (Wildman–Crippen LogP) is -0.447. The highest BCUT2D eigenvalue weighted by Gasteiger charge is 2.24. The van der Waals surface area contributed by atoms with E-state index < -0.39 is 0 Å². The number of rotatable bonds is 5. The first kappa shape index (κ1) is 11.7. The molecular formula is C11H22N4O. The van der Waals surface area contributed by atoms with Gasteiger partial charge in [-0.3, -0.25) is 0 Å². The van der Waals surface area contributed by atoms with Gasteiger partial charge < -0.3 is 20.4 Å². The molecule has 0 spiro atoms. The summed E-state index contributed by atoms with van der Waals surface area (Å²) in [6.07, 6.45) is 1.28. The van der Waals surface area contributed by atoms with Crippen molar-refractivity contribution in [3.8, 4) is 0 Å². The van der Waals surface area contributed by atoms with Crippen LogP contribution in [0.2, 0.25) is 0 Å². The quantitative estimate of drug-likeness (QED) is 0.668. The number of carbonyl (C=O) groups excluding carboxylic acids is 1. The van der Waals surface area contributed by atoms with Crippen molar-refractivity contribution in [2.45, 2.75) is 6.42 Å². The van der Waals surface area contributed by atoms with Crippen molar-refractivity contribution in [3.05, 3.63) is 0 Å². The van der Waals surface area contributed by atoms with Gasteiger partial charge in [-0.2, -0.15) is 0 Å². The molecule has 0 saturated carbocycles. The fraction of sp³-hybridized carbons (Fsp3) is 0.909. The molecule has 0 aromatic heterocycles. The van der Waals surface area contributed by atoms with Crippen LogP contribution in [0.15, 0.2) is 0 Å². The molecule has 2 heterocycles. The first-order valence-electron chi connectivity index (χ1n) is 6.19. The fourth-order valence-corrected chi connectivity index (χ4v) is 2.56. The van der Waals surface area contributed by atoms with Gasteiger partial charge in [-0.1, -0.05) is 0 Å².